The van der Waals surface area contributed by atoms with E-state index >= 15 is 0 Å². The minimum Gasteiger partial charge on any atom is -0.303 e. The van der Waals surface area contributed by atoms with E-state index in [-0.39, 0.29) is 49.6 Å². The summed E-state index contributed by atoms with van der Waals surface area (Å²) >= 11 is 0. The van der Waals surface area contributed by atoms with E-state index in [1.165, 1.54) is 143 Å². The minimum absolute atomic E-state index is 0. The van der Waals surface area contributed by atoms with Crippen molar-refractivity contribution < 1.29 is 0 Å². The van der Waals surface area contributed by atoms with E-state index < -0.39 is 0 Å². The molecular formula is C28H66Cl4N4. The van der Waals surface area contributed by atoms with E-state index in [1.54, 1.807) is 0 Å². The summed E-state index contributed by atoms with van der Waals surface area (Å²) in [6, 6.07) is 0. The van der Waals surface area contributed by atoms with E-state index in [1.807, 2.05) is 0 Å². The molecule has 0 amide bonds. The number of hydrogen-bond donors (Lipinski definition) is 0. The van der Waals surface area contributed by atoms with Crippen LogP contribution in [0.2, 0.25) is 0 Å². The molecule has 0 aliphatic carbocycles. The average molecular weight is 601 g/mol. The number of rotatable bonds is 25. The molecule has 0 aromatic rings. The van der Waals surface area contributed by atoms with Crippen LogP contribution in [0.15, 0.2) is 0 Å². The summed E-state index contributed by atoms with van der Waals surface area (Å²) in [5, 5.41) is 0. The van der Waals surface area contributed by atoms with Gasteiger partial charge in [0.1, 0.15) is 0 Å². The maximum atomic E-state index is 2.73. The highest BCUT2D eigenvalue weighted by atomic mass is 35.5. The Hall–Kier alpha value is 1.00. The molecule has 0 bridgehead atoms. The van der Waals surface area contributed by atoms with Crippen LogP contribution >= 0.6 is 49.6 Å². The van der Waals surface area contributed by atoms with Crippen LogP contribution in [-0.4, -0.2) is 98.1 Å². The van der Waals surface area contributed by atoms with Gasteiger partial charge in [0.25, 0.3) is 0 Å². The Bertz CT molecular complexity index is 335. The molecule has 0 N–H and O–H groups in total. The number of nitrogens with zero attached hydrogens (tertiary/aromatic N) is 4. The smallest absolute Gasteiger partial charge is 0.000655 e. The predicted octanol–water partition coefficient (Wildman–Crippen LogP) is 7.90. The van der Waals surface area contributed by atoms with Gasteiger partial charge in [-0.05, 0) is 143 Å². The van der Waals surface area contributed by atoms with Gasteiger partial charge in [-0.2, -0.15) is 0 Å². The first-order chi connectivity index (χ1) is 15.6. The minimum atomic E-state index is 0. The lowest BCUT2D eigenvalue weighted by Crippen LogP contribution is -2.33. The maximum absolute atomic E-state index is 2.73. The zero-order valence-corrected chi connectivity index (χ0v) is 28.2. The highest BCUT2D eigenvalue weighted by Crippen LogP contribution is 2.05. The summed E-state index contributed by atoms with van der Waals surface area (Å²) in [6.45, 7) is 29.2. The van der Waals surface area contributed by atoms with Gasteiger partial charge in [-0.25, -0.2) is 0 Å². The molecule has 0 aliphatic heterocycles. The first-order valence-corrected chi connectivity index (χ1v) is 14.5. The molecule has 0 unspecified atom stereocenters. The first-order valence-electron chi connectivity index (χ1n) is 14.5. The molecule has 0 spiro atoms. The van der Waals surface area contributed by atoms with Gasteiger partial charge in [0.05, 0.1) is 0 Å². The third-order valence-corrected chi connectivity index (χ3v) is 6.34. The number of unbranched alkanes of at least 4 members (excludes halogenated alkanes) is 1. The first kappa shape index (κ1) is 46.8. The van der Waals surface area contributed by atoms with E-state index in [0.717, 1.165) is 0 Å². The van der Waals surface area contributed by atoms with Crippen LogP contribution < -0.4 is 0 Å². The normalized spacial score (nSPS) is 10.8. The second-order valence-corrected chi connectivity index (χ2v) is 9.78. The van der Waals surface area contributed by atoms with Gasteiger partial charge < -0.3 is 19.6 Å². The summed E-state index contributed by atoms with van der Waals surface area (Å²) in [5.41, 5.74) is 0. The lowest BCUT2D eigenvalue weighted by Gasteiger charge is -2.27. The highest BCUT2D eigenvalue weighted by molar-refractivity contribution is 5.86. The molecular weight excluding hydrogens is 534 g/mol. The maximum Gasteiger partial charge on any atom is -0.000655 e. The van der Waals surface area contributed by atoms with Crippen molar-refractivity contribution in [2.24, 2.45) is 0 Å². The molecule has 0 atom stereocenters. The Morgan fingerprint density at radius 2 is 0.417 bits per heavy atom. The molecule has 226 valence electrons. The highest BCUT2D eigenvalue weighted by Gasteiger charge is 2.09. The summed E-state index contributed by atoms with van der Waals surface area (Å²) < 4.78 is 0. The van der Waals surface area contributed by atoms with Crippen LogP contribution in [0.3, 0.4) is 0 Å². The summed E-state index contributed by atoms with van der Waals surface area (Å²) in [7, 11) is 0. The quantitative estimate of drug-likeness (QED) is 0.0988. The van der Waals surface area contributed by atoms with Crippen molar-refractivity contribution in [3.8, 4) is 0 Å². The van der Waals surface area contributed by atoms with E-state index in [0.29, 0.717) is 0 Å². The molecule has 0 aromatic carbocycles. The van der Waals surface area contributed by atoms with Crippen LogP contribution in [0.5, 0.6) is 0 Å². The van der Waals surface area contributed by atoms with Gasteiger partial charge in [0, 0.05) is 0 Å². The van der Waals surface area contributed by atoms with Crippen molar-refractivity contribution in [1.82, 2.24) is 19.6 Å². The fraction of sp³-hybridized carbons (Fsp3) is 1.00. The molecule has 4 nitrogen and oxygen atoms in total. The van der Waals surface area contributed by atoms with Gasteiger partial charge in [0.2, 0.25) is 0 Å². The van der Waals surface area contributed by atoms with Crippen LogP contribution in [0.4, 0.5) is 0 Å². The molecule has 0 rings (SSSR count). The van der Waals surface area contributed by atoms with Crippen LogP contribution in [0, 0.1) is 0 Å². The zero-order valence-electron chi connectivity index (χ0n) is 25.0. The molecule has 0 aliphatic rings. The fourth-order valence-electron chi connectivity index (χ4n) is 4.95. The third kappa shape index (κ3) is 28.0. The Balaban J connectivity index is -0.000000801. The van der Waals surface area contributed by atoms with Gasteiger partial charge in [-0.1, -0.05) is 41.5 Å². The third-order valence-electron chi connectivity index (χ3n) is 6.34. The Morgan fingerprint density at radius 1 is 0.250 bits per heavy atom. The lowest BCUT2D eigenvalue weighted by molar-refractivity contribution is 0.209. The topological polar surface area (TPSA) is 13.0 Å². The molecule has 36 heavy (non-hydrogen) atoms. The van der Waals surface area contributed by atoms with Gasteiger partial charge in [0.15, 0.2) is 0 Å². The van der Waals surface area contributed by atoms with Crippen molar-refractivity contribution >= 4 is 49.6 Å². The molecule has 0 fully saturated rings. The Kier molecular flexibility index (Phi) is 46.8. The summed E-state index contributed by atoms with van der Waals surface area (Å²) in [5.74, 6) is 0. The second-order valence-electron chi connectivity index (χ2n) is 9.78. The van der Waals surface area contributed by atoms with Crippen LogP contribution in [0.25, 0.3) is 0 Å². The standard InChI is InChI=1S/C28H62N4.4ClH/c1-7-17-29(18-8-2)25-15-27-31(21-11-5)23-13-14-24-32(22-12-6)28-16-26-30(19-9-3)20-10-4;;;;/h7-28H2,1-6H3;4*1H. The second kappa shape index (κ2) is 36.0. The number of halogens is 4. The molecule has 0 radical (unpaired) electrons. The van der Waals surface area contributed by atoms with Gasteiger partial charge in [-0.3, -0.25) is 0 Å². The lowest BCUT2D eigenvalue weighted by atomic mass is 10.2. The van der Waals surface area contributed by atoms with Crippen molar-refractivity contribution in [2.75, 3.05) is 78.5 Å². The van der Waals surface area contributed by atoms with E-state index in [9.17, 15) is 0 Å². The zero-order chi connectivity index (χ0) is 23.9. The van der Waals surface area contributed by atoms with E-state index in [4.69, 9.17) is 0 Å². The summed E-state index contributed by atoms with van der Waals surface area (Å²) in [6.07, 6.45) is 13.0. The molecule has 0 aromatic heterocycles. The van der Waals surface area contributed by atoms with Crippen LogP contribution in [0.1, 0.15) is 106 Å². The van der Waals surface area contributed by atoms with Crippen molar-refractivity contribution in [3.05, 3.63) is 0 Å². The summed E-state index contributed by atoms with van der Waals surface area (Å²) in [4.78, 5) is 10.8. The molecule has 0 heterocycles. The molecule has 0 saturated carbocycles. The van der Waals surface area contributed by atoms with Gasteiger partial charge >= 0.3 is 0 Å². The van der Waals surface area contributed by atoms with Crippen molar-refractivity contribution in [3.63, 3.8) is 0 Å². The Morgan fingerprint density at radius 3 is 0.611 bits per heavy atom. The molecule has 8 heteroatoms. The van der Waals surface area contributed by atoms with Crippen molar-refractivity contribution in [1.29, 1.82) is 0 Å². The monoisotopic (exact) mass is 598 g/mol. The van der Waals surface area contributed by atoms with Crippen LogP contribution in [-0.2, 0) is 0 Å². The van der Waals surface area contributed by atoms with E-state index in [2.05, 4.69) is 61.1 Å². The van der Waals surface area contributed by atoms with Crippen molar-refractivity contribution in [2.45, 2.75) is 106 Å². The van der Waals surface area contributed by atoms with Gasteiger partial charge in [-0.15, -0.1) is 49.6 Å². The largest absolute Gasteiger partial charge is 0.303 e. The Labute approximate surface area is 252 Å². The fourth-order valence-corrected chi connectivity index (χ4v) is 4.95. The number of hydrogen-bond acceptors (Lipinski definition) is 4. The predicted molar refractivity (Wildman–Crippen MR) is 175 cm³/mol. The average Bonchev–Trinajstić information content (AvgIpc) is 2.77. The molecule has 0 saturated heterocycles. The SMILES string of the molecule is CCCN(CCC)CCCN(CCC)CCCCN(CCC)CCCN(CCC)CCC.Cl.Cl.Cl.Cl.